The molecule has 0 amide bonds. The van der Waals surface area contributed by atoms with Crippen LogP contribution in [0.15, 0.2) is 18.2 Å². The number of rotatable bonds is 2. The molecule has 1 saturated heterocycles. The van der Waals surface area contributed by atoms with Gasteiger partial charge >= 0.3 is 0 Å². The van der Waals surface area contributed by atoms with Gasteiger partial charge in [-0.1, -0.05) is 11.6 Å². The second kappa shape index (κ2) is 4.86. The predicted octanol–water partition coefficient (Wildman–Crippen LogP) is 2.08. The summed E-state index contributed by atoms with van der Waals surface area (Å²) in [4.78, 5) is 0. The van der Waals surface area contributed by atoms with Crippen molar-refractivity contribution in [3.63, 3.8) is 0 Å². The lowest BCUT2D eigenvalue weighted by Gasteiger charge is -2.16. The first-order chi connectivity index (χ1) is 7.16. The molecule has 1 N–H and O–H groups in total. The molecule has 1 aliphatic heterocycles. The maximum atomic E-state index is 9.53. The van der Waals surface area contributed by atoms with Crippen molar-refractivity contribution in [2.24, 2.45) is 0 Å². The minimum atomic E-state index is -0.556. The third-order valence-electron chi connectivity index (χ3n) is 2.17. The highest BCUT2D eigenvalue weighted by Crippen LogP contribution is 2.27. The molecule has 0 saturated carbocycles. The molecule has 82 valence electrons. The quantitative estimate of drug-likeness (QED) is 0.838. The topological polar surface area (TPSA) is 38.7 Å². The van der Waals surface area contributed by atoms with Crippen LogP contribution in [0.25, 0.3) is 0 Å². The van der Waals surface area contributed by atoms with Gasteiger partial charge in [0.05, 0.1) is 16.8 Å². The molecule has 1 aromatic rings. The van der Waals surface area contributed by atoms with Crippen molar-refractivity contribution in [1.29, 1.82) is 0 Å². The number of halogens is 2. The van der Waals surface area contributed by atoms with Crippen molar-refractivity contribution in [2.75, 3.05) is 13.2 Å². The molecule has 2 rings (SSSR count). The van der Waals surface area contributed by atoms with Crippen molar-refractivity contribution in [1.82, 2.24) is 0 Å². The van der Waals surface area contributed by atoms with Crippen molar-refractivity contribution in [2.45, 2.75) is 12.2 Å². The summed E-state index contributed by atoms with van der Waals surface area (Å²) >= 11 is 8.03. The minimum Gasteiger partial charge on any atom is -0.484 e. The summed E-state index contributed by atoms with van der Waals surface area (Å²) in [5.41, 5.74) is 0. The Morgan fingerprint density at radius 2 is 2.27 bits per heavy atom. The van der Waals surface area contributed by atoms with Crippen LogP contribution in [0.5, 0.6) is 5.75 Å². The third kappa shape index (κ3) is 2.75. The Bertz CT molecular complexity index is 359. The fraction of sp³-hybridized carbons (Fsp3) is 0.400. The highest BCUT2D eigenvalue weighted by Gasteiger charge is 2.28. The molecule has 2 atom stereocenters. The number of aliphatic hydroxyl groups is 1. The number of benzene rings is 1. The van der Waals surface area contributed by atoms with Crippen molar-refractivity contribution < 1.29 is 14.6 Å². The van der Waals surface area contributed by atoms with Gasteiger partial charge in [-0.15, -0.1) is 0 Å². The van der Waals surface area contributed by atoms with Crippen LogP contribution in [0.2, 0.25) is 5.02 Å². The maximum Gasteiger partial charge on any atom is 0.150 e. The average Bonchev–Trinajstić information content (AvgIpc) is 2.58. The molecule has 0 radical (unpaired) electrons. The zero-order chi connectivity index (χ0) is 10.8. The van der Waals surface area contributed by atoms with Gasteiger partial charge in [-0.3, -0.25) is 0 Å². The highest BCUT2D eigenvalue weighted by atomic mass is 127. The van der Waals surface area contributed by atoms with E-state index in [1.54, 1.807) is 12.1 Å². The Balaban J connectivity index is 2.12. The summed E-state index contributed by atoms with van der Waals surface area (Å²) in [7, 11) is 0. The fourth-order valence-electron chi connectivity index (χ4n) is 1.37. The van der Waals surface area contributed by atoms with Crippen LogP contribution in [-0.4, -0.2) is 30.5 Å². The van der Waals surface area contributed by atoms with Crippen molar-refractivity contribution >= 4 is 34.2 Å². The van der Waals surface area contributed by atoms with Crippen LogP contribution < -0.4 is 4.74 Å². The van der Waals surface area contributed by atoms with E-state index in [2.05, 4.69) is 22.6 Å². The van der Waals surface area contributed by atoms with Crippen molar-refractivity contribution in [3.8, 4) is 5.75 Å². The summed E-state index contributed by atoms with van der Waals surface area (Å²) in [6.07, 6.45) is -0.850. The van der Waals surface area contributed by atoms with Gasteiger partial charge in [0.2, 0.25) is 0 Å². The zero-order valence-corrected chi connectivity index (χ0v) is 10.7. The van der Waals surface area contributed by atoms with E-state index >= 15 is 0 Å². The van der Waals surface area contributed by atoms with Crippen LogP contribution in [0, 0.1) is 3.57 Å². The third-order valence-corrected chi connectivity index (χ3v) is 3.30. The molecule has 5 heteroatoms. The van der Waals surface area contributed by atoms with Gasteiger partial charge in [-0.2, -0.15) is 0 Å². The molecule has 1 heterocycles. The first-order valence-corrected chi connectivity index (χ1v) is 6.00. The molecule has 15 heavy (non-hydrogen) atoms. The van der Waals surface area contributed by atoms with Crippen molar-refractivity contribution in [3.05, 3.63) is 26.8 Å². The van der Waals surface area contributed by atoms with Gasteiger partial charge in [-0.05, 0) is 40.8 Å². The van der Waals surface area contributed by atoms with E-state index in [-0.39, 0.29) is 6.10 Å². The first-order valence-electron chi connectivity index (χ1n) is 4.54. The van der Waals surface area contributed by atoms with E-state index < -0.39 is 6.10 Å². The number of hydrogen-bond acceptors (Lipinski definition) is 3. The van der Waals surface area contributed by atoms with Gasteiger partial charge in [-0.25, -0.2) is 0 Å². The van der Waals surface area contributed by atoms with E-state index in [4.69, 9.17) is 21.1 Å². The summed E-state index contributed by atoms with van der Waals surface area (Å²) in [5, 5.41) is 10.1. The van der Waals surface area contributed by atoms with Crippen LogP contribution in [0.3, 0.4) is 0 Å². The van der Waals surface area contributed by atoms with Gasteiger partial charge < -0.3 is 14.6 Å². The Morgan fingerprint density at radius 3 is 2.93 bits per heavy atom. The van der Waals surface area contributed by atoms with Crippen LogP contribution in [0.1, 0.15) is 0 Å². The summed E-state index contributed by atoms with van der Waals surface area (Å²) < 4.78 is 11.7. The van der Waals surface area contributed by atoms with Gasteiger partial charge in [0.1, 0.15) is 18.0 Å². The zero-order valence-electron chi connectivity index (χ0n) is 7.82. The molecule has 1 aliphatic rings. The van der Waals surface area contributed by atoms with Gasteiger partial charge in [0.15, 0.2) is 0 Å². The molecule has 0 unspecified atom stereocenters. The number of ether oxygens (including phenoxy) is 2. The second-order valence-corrected chi connectivity index (χ2v) is 4.93. The molecule has 0 aromatic heterocycles. The van der Waals surface area contributed by atoms with E-state index in [1.807, 2.05) is 6.07 Å². The van der Waals surface area contributed by atoms with E-state index in [0.29, 0.717) is 24.0 Å². The van der Waals surface area contributed by atoms with E-state index in [9.17, 15) is 5.11 Å². The van der Waals surface area contributed by atoms with Gasteiger partial charge in [0.25, 0.3) is 0 Å². The Hall–Kier alpha value is -0.0400. The fourth-order valence-corrected chi connectivity index (χ4v) is 1.99. The molecule has 0 bridgehead atoms. The van der Waals surface area contributed by atoms with Crippen LogP contribution in [0.4, 0.5) is 0 Å². The average molecular weight is 341 g/mol. The SMILES string of the molecule is O[C@@H]1COC[C@H]1Oc1cc(Cl)ccc1I. The predicted molar refractivity (Wildman–Crippen MR) is 65.4 cm³/mol. The number of hydrogen-bond donors (Lipinski definition) is 1. The molecular weight excluding hydrogens is 330 g/mol. The summed E-state index contributed by atoms with van der Waals surface area (Å²) in [5.74, 6) is 0.692. The van der Waals surface area contributed by atoms with E-state index in [0.717, 1.165) is 3.57 Å². The Labute approximate surface area is 106 Å². The van der Waals surface area contributed by atoms with E-state index in [1.165, 1.54) is 0 Å². The lowest BCUT2D eigenvalue weighted by atomic mass is 10.2. The first kappa shape index (κ1) is 11.4. The lowest BCUT2D eigenvalue weighted by molar-refractivity contribution is 0.0728. The number of aliphatic hydroxyl groups excluding tert-OH is 1. The normalized spacial score (nSPS) is 25.5. The summed E-state index contributed by atoms with van der Waals surface area (Å²) in [6, 6.07) is 5.42. The summed E-state index contributed by atoms with van der Waals surface area (Å²) in [6.45, 7) is 0.756. The molecular formula is C10H10ClIO3. The van der Waals surface area contributed by atoms with Gasteiger partial charge in [0, 0.05) is 5.02 Å². The smallest absolute Gasteiger partial charge is 0.150 e. The molecule has 0 aliphatic carbocycles. The maximum absolute atomic E-state index is 9.53. The standard InChI is InChI=1S/C10H10ClIO3/c11-6-1-2-7(12)9(3-6)15-10-5-14-4-8(10)13/h1-3,8,10,13H,4-5H2/t8-,10-/m1/s1. The largest absolute Gasteiger partial charge is 0.484 e. The van der Waals surface area contributed by atoms with Crippen LogP contribution in [-0.2, 0) is 4.74 Å². The monoisotopic (exact) mass is 340 g/mol. The molecule has 3 nitrogen and oxygen atoms in total. The minimum absolute atomic E-state index is 0.294. The lowest BCUT2D eigenvalue weighted by Crippen LogP contribution is -2.29. The Kier molecular flexibility index (Phi) is 3.71. The Morgan fingerprint density at radius 1 is 1.47 bits per heavy atom. The molecule has 1 fully saturated rings. The van der Waals surface area contributed by atoms with Crippen LogP contribution >= 0.6 is 34.2 Å². The molecule has 1 aromatic carbocycles. The molecule has 0 spiro atoms. The highest BCUT2D eigenvalue weighted by molar-refractivity contribution is 14.1. The second-order valence-electron chi connectivity index (χ2n) is 3.34.